The molecule has 2 amide bonds. The number of H-pyrrole nitrogens is 1. The highest BCUT2D eigenvalue weighted by molar-refractivity contribution is 7.89. The van der Waals surface area contributed by atoms with E-state index in [1.165, 1.54) is 12.8 Å². The Morgan fingerprint density at radius 1 is 0.921 bits per heavy atom. The van der Waals surface area contributed by atoms with Crippen molar-refractivity contribution in [2.75, 3.05) is 39.3 Å². The number of hydrogen-bond acceptors (Lipinski definition) is 5. The second kappa shape index (κ2) is 7.68. The van der Waals surface area contributed by atoms with Gasteiger partial charge < -0.3 is 14.8 Å². The number of sulfonamides is 1. The van der Waals surface area contributed by atoms with Crippen molar-refractivity contribution in [3.8, 4) is 0 Å². The Hall–Kier alpha value is -2.74. The van der Waals surface area contributed by atoms with Gasteiger partial charge in [0.15, 0.2) is 0 Å². The highest BCUT2D eigenvalue weighted by Crippen LogP contribution is 2.56. The molecule has 0 radical (unpaired) electrons. The molecule has 1 aromatic carbocycles. The van der Waals surface area contributed by atoms with Gasteiger partial charge in [-0.05, 0) is 43.9 Å². The van der Waals surface area contributed by atoms with E-state index in [1.807, 2.05) is 4.90 Å². The second-order valence-corrected chi connectivity index (χ2v) is 13.8. The number of aromatic amines is 1. The summed E-state index contributed by atoms with van der Waals surface area (Å²) in [6.45, 7) is 2.43. The van der Waals surface area contributed by atoms with E-state index in [4.69, 9.17) is 0 Å². The SMILES string of the molecule is O=C(N1CC2(CC(c3nnc(C4CC4)[nH]3)C2)C1)N1CC2(C1)CN(S(=O)(=O)c1ccc(F)c(C(F)(F)F)c1)C2. The van der Waals surface area contributed by atoms with E-state index >= 15 is 0 Å². The van der Waals surface area contributed by atoms with Crippen LogP contribution in [-0.4, -0.2) is 83.0 Å². The van der Waals surface area contributed by atoms with Crippen LogP contribution in [0.4, 0.5) is 22.4 Å². The number of urea groups is 1. The predicted octanol–water partition coefficient (Wildman–Crippen LogP) is 3.15. The third-order valence-electron chi connectivity index (χ3n) is 8.78. The standard InChI is InChI=1S/C24H26F4N6O3S/c25-18-4-3-16(5-17(18)24(26,27)28)38(36,37)34-12-23(13-34)10-33(11-23)21(35)32-8-22(9-32)6-15(7-22)20-29-19(30-31-20)14-1-2-14/h3-5,14-15H,1-2,6-13H2,(H,29,30,31). The molecule has 3 aliphatic heterocycles. The lowest BCUT2D eigenvalue weighted by Crippen LogP contribution is -2.76. The molecule has 7 rings (SSSR count). The van der Waals surface area contributed by atoms with Crippen LogP contribution in [0.3, 0.4) is 0 Å². The van der Waals surface area contributed by atoms with E-state index < -0.39 is 32.5 Å². The van der Waals surface area contributed by atoms with Gasteiger partial charge in [-0.1, -0.05) is 0 Å². The number of hydrogen-bond donors (Lipinski definition) is 1. The topological polar surface area (TPSA) is 102 Å². The fourth-order valence-electron chi connectivity index (χ4n) is 6.55. The number of carbonyl (C=O) groups excluding carboxylic acids is 1. The summed E-state index contributed by atoms with van der Waals surface area (Å²) in [6, 6.07) is 1.65. The fourth-order valence-corrected chi connectivity index (χ4v) is 8.24. The molecule has 2 spiro atoms. The van der Waals surface area contributed by atoms with Crippen LogP contribution in [0.25, 0.3) is 0 Å². The maximum atomic E-state index is 13.6. The van der Waals surface area contributed by atoms with E-state index in [9.17, 15) is 30.8 Å². The van der Waals surface area contributed by atoms with Crippen LogP contribution in [0.15, 0.2) is 23.1 Å². The Bertz CT molecular complexity index is 1410. The lowest BCUT2D eigenvalue weighted by atomic mass is 9.57. The van der Waals surface area contributed by atoms with Crippen LogP contribution in [0.2, 0.25) is 0 Å². The zero-order chi connectivity index (χ0) is 26.7. The maximum Gasteiger partial charge on any atom is 0.419 e. The molecule has 1 N–H and O–H groups in total. The molecule has 0 unspecified atom stereocenters. The minimum absolute atomic E-state index is 0.0601. The molecule has 5 aliphatic rings. The molecular weight excluding hydrogens is 528 g/mol. The lowest BCUT2D eigenvalue weighted by Gasteiger charge is -2.63. The summed E-state index contributed by atoms with van der Waals surface area (Å²) in [5.41, 5.74) is -1.85. The van der Waals surface area contributed by atoms with Gasteiger partial charge in [0.25, 0.3) is 0 Å². The average Bonchev–Trinajstić information content (AvgIpc) is 3.47. The van der Waals surface area contributed by atoms with Crippen molar-refractivity contribution in [3.63, 3.8) is 0 Å². The number of halogens is 4. The molecule has 5 fully saturated rings. The van der Waals surface area contributed by atoms with Crippen molar-refractivity contribution in [1.29, 1.82) is 0 Å². The molecule has 38 heavy (non-hydrogen) atoms. The number of likely N-dealkylation sites (tertiary alicyclic amines) is 2. The molecule has 0 bridgehead atoms. The smallest absolute Gasteiger partial charge is 0.328 e. The summed E-state index contributed by atoms with van der Waals surface area (Å²) in [4.78, 5) is 19.2. The van der Waals surface area contributed by atoms with Crippen molar-refractivity contribution < 1.29 is 30.8 Å². The molecular formula is C24H26F4N6O3S. The van der Waals surface area contributed by atoms with E-state index in [-0.39, 0.29) is 30.0 Å². The fraction of sp³-hybridized carbons (Fsp3) is 0.625. The third-order valence-corrected chi connectivity index (χ3v) is 10.6. The van der Waals surface area contributed by atoms with E-state index in [2.05, 4.69) is 15.2 Å². The molecule has 14 heteroatoms. The number of carbonyl (C=O) groups is 1. The van der Waals surface area contributed by atoms with Crippen LogP contribution in [0, 0.1) is 16.6 Å². The maximum absolute atomic E-state index is 13.6. The van der Waals surface area contributed by atoms with Crippen LogP contribution in [0.1, 0.15) is 54.7 Å². The summed E-state index contributed by atoms with van der Waals surface area (Å²) >= 11 is 0. The van der Waals surface area contributed by atoms with Gasteiger partial charge in [0.2, 0.25) is 10.0 Å². The molecule has 2 saturated carbocycles. The third kappa shape index (κ3) is 3.74. The summed E-state index contributed by atoms with van der Waals surface area (Å²) in [7, 11) is -4.20. The number of nitrogens with one attached hydrogen (secondary N) is 1. The van der Waals surface area contributed by atoms with E-state index in [0.717, 1.165) is 34.9 Å². The zero-order valence-corrected chi connectivity index (χ0v) is 21.2. The van der Waals surface area contributed by atoms with Crippen LogP contribution < -0.4 is 0 Å². The minimum Gasteiger partial charge on any atom is -0.328 e. The first kappa shape index (κ1) is 24.3. The molecule has 1 aromatic heterocycles. The van der Waals surface area contributed by atoms with Crippen molar-refractivity contribution in [2.24, 2.45) is 10.8 Å². The van der Waals surface area contributed by atoms with Gasteiger partial charge in [-0.15, -0.1) is 10.2 Å². The van der Waals surface area contributed by atoms with Crippen molar-refractivity contribution in [2.45, 2.75) is 48.6 Å². The molecule has 4 heterocycles. The van der Waals surface area contributed by atoms with E-state index in [0.29, 0.717) is 50.1 Å². The highest BCUT2D eigenvalue weighted by atomic mass is 32.2. The van der Waals surface area contributed by atoms with Crippen LogP contribution >= 0.6 is 0 Å². The molecule has 0 atom stereocenters. The van der Waals surface area contributed by atoms with Crippen LogP contribution in [-0.2, 0) is 16.2 Å². The second-order valence-electron chi connectivity index (χ2n) is 11.9. The molecule has 2 aromatic rings. The van der Waals surface area contributed by atoms with Crippen molar-refractivity contribution in [1.82, 2.24) is 29.3 Å². The van der Waals surface area contributed by atoms with Gasteiger partial charge in [-0.2, -0.15) is 17.5 Å². The van der Waals surface area contributed by atoms with Gasteiger partial charge >= 0.3 is 12.2 Å². The first-order valence-corrected chi connectivity index (χ1v) is 14.1. The van der Waals surface area contributed by atoms with Crippen molar-refractivity contribution >= 4 is 16.1 Å². The van der Waals surface area contributed by atoms with Crippen molar-refractivity contribution in [3.05, 3.63) is 41.2 Å². The minimum atomic E-state index is -4.99. The number of rotatable bonds is 4. The first-order valence-electron chi connectivity index (χ1n) is 12.7. The molecule has 204 valence electrons. The Morgan fingerprint density at radius 2 is 1.50 bits per heavy atom. The van der Waals surface area contributed by atoms with Gasteiger partial charge in [-0.3, -0.25) is 0 Å². The predicted molar refractivity (Wildman–Crippen MR) is 124 cm³/mol. The molecule has 2 aliphatic carbocycles. The Morgan fingerprint density at radius 3 is 2.08 bits per heavy atom. The van der Waals surface area contributed by atoms with Gasteiger partial charge in [-0.25, -0.2) is 17.6 Å². The molecule has 3 saturated heterocycles. The summed E-state index contributed by atoms with van der Waals surface area (Å²) in [6.07, 6.45) is -0.698. The quantitative estimate of drug-likeness (QED) is 0.586. The highest BCUT2D eigenvalue weighted by Gasteiger charge is 2.60. The lowest BCUT2D eigenvalue weighted by molar-refractivity contribution is -0.140. The number of amides is 2. The summed E-state index contributed by atoms with van der Waals surface area (Å²) < 4.78 is 79.4. The summed E-state index contributed by atoms with van der Waals surface area (Å²) in [5.74, 6) is 1.32. The number of nitrogens with zero attached hydrogens (tertiary/aromatic N) is 5. The Balaban J connectivity index is 0.898. The van der Waals surface area contributed by atoms with Gasteiger partial charge in [0.1, 0.15) is 17.5 Å². The average molecular weight is 555 g/mol. The largest absolute Gasteiger partial charge is 0.419 e. The monoisotopic (exact) mass is 554 g/mol. The number of benzene rings is 1. The Kier molecular flexibility index (Phi) is 4.91. The van der Waals surface area contributed by atoms with Gasteiger partial charge in [0, 0.05) is 61.9 Å². The van der Waals surface area contributed by atoms with Gasteiger partial charge in [0.05, 0.1) is 10.5 Å². The normalized spacial score (nSPS) is 24.6. The first-order chi connectivity index (χ1) is 17.9. The number of aromatic nitrogens is 3. The molecule has 9 nitrogen and oxygen atoms in total. The zero-order valence-electron chi connectivity index (χ0n) is 20.3. The Labute approximate surface area is 216 Å². The summed E-state index contributed by atoms with van der Waals surface area (Å²) in [5, 5.41) is 8.58. The van der Waals surface area contributed by atoms with Crippen LogP contribution in [0.5, 0.6) is 0 Å². The van der Waals surface area contributed by atoms with E-state index in [1.54, 1.807) is 4.90 Å². The number of alkyl halides is 3.